The number of benzene rings is 5. The minimum Gasteiger partial charge on any atom is -0.497 e. The molecule has 0 bridgehead atoms. The summed E-state index contributed by atoms with van der Waals surface area (Å²) >= 11 is 0. The van der Waals surface area contributed by atoms with Crippen LogP contribution in [0.25, 0.3) is 0 Å². The average molecular weight is 917 g/mol. The van der Waals surface area contributed by atoms with Gasteiger partial charge >= 0.3 is 11.9 Å². The van der Waals surface area contributed by atoms with Crippen LogP contribution in [-0.2, 0) is 35.4 Å². The molecule has 67 heavy (non-hydrogen) atoms. The molecular formula is C59H80O8. The number of hydrogen-bond acceptors (Lipinski definition) is 8. The van der Waals surface area contributed by atoms with E-state index in [1.165, 1.54) is 59.1 Å². The molecule has 1 aliphatic carbocycles. The van der Waals surface area contributed by atoms with Crippen molar-refractivity contribution in [2.45, 2.75) is 139 Å². The fraction of sp³-hybridized carbons (Fsp3) is 0.424. The standard InChI is InChI=1S/C24H30O3.C17H26O3.2C6H6.2C3H6O/c1-17-14-23(3,4)16-24(15-17,19-6-10-21(26-5)11-7-19)20-8-12-22(13-9-20)27-18(2)25;1-11(18)20-15-10-14(19-8)12(16(2,3)4)9-13(15)17(5,6)7;2*1-2-4-6-5-3-1;2*1-3(2)4/h6-13,17H,14-16H2,1-5H3;9-10H,1-8H3;2*1-6H;2*1-2H3. The molecule has 1 aliphatic rings. The van der Waals surface area contributed by atoms with Gasteiger partial charge in [-0.15, -0.1) is 0 Å². The number of Topliss-reactive ketones (excluding diaryl/α,β-unsaturated/α-hetero) is 2. The SMILES string of the molecule is CC(C)=O.CC(C)=O.COc1cc(OC(C)=O)c(C(C)(C)C)cc1C(C)(C)C.COc1ccc(C2(c3ccc(OC(C)=O)cc3)CC(C)CC(C)(C)C2)cc1.c1ccccc1.c1ccccc1. The Balaban J connectivity index is 0.000000483. The van der Waals surface area contributed by atoms with Crippen molar-refractivity contribution in [1.82, 2.24) is 0 Å². The van der Waals surface area contributed by atoms with Gasteiger partial charge in [-0.25, -0.2) is 0 Å². The number of ether oxygens (including phenoxy) is 4. The molecule has 0 radical (unpaired) electrons. The van der Waals surface area contributed by atoms with E-state index in [1.54, 1.807) is 14.2 Å². The highest BCUT2D eigenvalue weighted by Crippen LogP contribution is 2.54. The molecule has 1 saturated carbocycles. The Kier molecular flexibility index (Phi) is 24.9. The molecule has 6 rings (SSSR count). The van der Waals surface area contributed by atoms with Gasteiger partial charge in [0.1, 0.15) is 34.6 Å². The van der Waals surface area contributed by atoms with Crippen LogP contribution in [0.5, 0.6) is 23.0 Å². The zero-order chi connectivity index (χ0) is 51.0. The summed E-state index contributed by atoms with van der Waals surface area (Å²) in [5.74, 6) is 3.16. The van der Waals surface area contributed by atoms with Crippen LogP contribution in [-0.4, -0.2) is 37.7 Å². The number of rotatable bonds is 6. The van der Waals surface area contributed by atoms with Gasteiger partial charge in [-0.1, -0.05) is 159 Å². The topological polar surface area (TPSA) is 105 Å². The Labute approximate surface area is 403 Å². The van der Waals surface area contributed by atoms with E-state index in [9.17, 15) is 19.2 Å². The summed E-state index contributed by atoms with van der Waals surface area (Å²) in [7, 11) is 3.34. The van der Waals surface area contributed by atoms with Crippen LogP contribution in [0, 0.1) is 11.3 Å². The van der Waals surface area contributed by atoms with Crippen LogP contribution >= 0.6 is 0 Å². The third kappa shape index (κ3) is 22.8. The predicted molar refractivity (Wildman–Crippen MR) is 276 cm³/mol. The second-order valence-corrected chi connectivity index (χ2v) is 20.1. The zero-order valence-corrected chi connectivity index (χ0v) is 43.7. The molecule has 0 amide bonds. The van der Waals surface area contributed by atoms with Crippen LogP contribution in [0.4, 0.5) is 0 Å². The highest BCUT2D eigenvalue weighted by molar-refractivity contribution is 5.72. The van der Waals surface area contributed by atoms with Crippen molar-refractivity contribution in [3.05, 3.63) is 156 Å². The monoisotopic (exact) mass is 917 g/mol. The number of esters is 2. The summed E-state index contributed by atoms with van der Waals surface area (Å²) in [5.41, 5.74) is 4.77. The molecule has 5 aromatic rings. The largest absolute Gasteiger partial charge is 0.497 e. The molecule has 2 atom stereocenters. The van der Waals surface area contributed by atoms with Gasteiger partial charge in [0.2, 0.25) is 0 Å². The van der Waals surface area contributed by atoms with Gasteiger partial charge in [-0.2, -0.15) is 0 Å². The first-order chi connectivity index (χ1) is 31.2. The molecule has 0 N–H and O–H groups in total. The fourth-order valence-electron chi connectivity index (χ4n) is 8.01. The van der Waals surface area contributed by atoms with E-state index < -0.39 is 0 Å². The van der Waals surface area contributed by atoms with Crippen molar-refractivity contribution >= 4 is 23.5 Å². The van der Waals surface area contributed by atoms with Gasteiger partial charge in [0.05, 0.1) is 14.2 Å². The Bertz CT molecular complexity index is 2110. The molecule has 8 nitrogen and oxygen atoms in total. The quantitative estimate of drug-likeness (QED) is 0.122. The lowest BCUT2D eigenvalue weighted by atomic mass is 9.55. The van der Waals surface area contributed by atoms with Gasteiger partial charge in [0, 0.05) is 36.5 Å². The van der Waals surface area contributed by atoms with Crippen LogP contribution in [0.1, 0.15) is 145 Å². The Hall–Kier alpha value is -6.02. The van der Waals surface area contributed by atoms with Gasteiger partial charge < -0.3 is 28.5 Å². The number of methoxy groups -OCH3 is 2. The normalized spacial score (nSPS) is 15.6. The lowest BCUT2D eigenvalue weighted by Crippen LogP contribution is -2.41. The molecule has 0 aromatic heterocycles. The van der Waals surface area contributed by atoms with Gasteiger partial charge in [-0.3, -0.25) is 9.59 Å². The van der Waals surface area contributed by atoms with E-state index in [1.807, 2.05) is 91.0 Å². The second kappa shape index (κ2) is 28.2. The minimum atomic E-state index is -0.318. The van der Waals surface area contributed by atoms with Crippen LogP contribution in [0.3, 0.4) is 0 Å². The Morgan fingerprint density at radius 2 is 0.836 bits per heavy atom. The predicted octanol–water partition coefficient (Wildman–Crippen LogP) is 14.5. The van der Waals surface area contributed by atoms with E-state index in [-0.39, 0.29) is 45.2 Å². The Morgan fingerprint density at radius 1 is 0.493 bits per heavy atom. The van der Waals surface area contributed by atoms with Crippen LogP contribution in [0.15, 0.2) is 133 Å². The van der Waals surface area contributed by atoms with Crippen molar-refractivity contribution in [1.29, 1.82) is 0 Å². The molecule has 0 saturated heterocycles. The molecule has 2 unspecified atom stereocenters. The summed E-state index contributed by atoms with van der Waals surface area (Å²) in [6.07, 6.45) is 3.43. The zero-order valence-electron chi connectivity index (χ0n) is 43.7. The van der Waals surface area contributed by atoms with Crippen molar-refractivity contribution in [3.63, 3.8) is 0 Å². The highest BCUT2D eigenvalue weighted by Gasteiger charge is 2.45. The van der Waals surface area contributed by atoms with Gasteiger partial charge in [0.25, 0.3) is 0 Å². The number of hydrogen-bond donors (Lipinski definition) is 0. The fourth-order valence-corrected chi connectivity index (χ4v) is 8.01. The first kappa shape index (κ1) is 59.0. The summed E-state index contributed by atoms with van der Waals surface area (Å²) in [5, 5.41) is 0. The van der Waals surface area contributed by atoms with Gasteiger partial charge in [0.15, 0.2) is 0 Å². The maximum Gasteiger partial charge on any atom is 0.308 e. The molecular weight excluding hydrogens is 837 g/mol. The van der Waals surface area contributed by atoms with E-state index in [0.29, 0.717) is 17.4 Å². The van der Waals surface area contributed by atoms with E-state index in [0.717, 1.165) is 35.5 Å². The highest BCUT2D eigenvalue weighted by atomic mass is 16.5. The molecule has 8 heteroatoms. The summed E-state index contributed by atoms with van der Waals surface area (Å²) in [6, 6.07) is 44.5. The third-order valence-corrected chi connectivity index (χ3v) is 10.2. The van der Waals surface area contributed by atoms with Crippen molar-refractivity contribution in [2.75, 3.05) is 14.2 Å². The first-order valence-corrected chi connectivity index (χ1v) is 23.0. The molecule has 364 valence electrons. The minimum absolute atomic E-state index is 0.0416. The smallest absolute Gasteiger partial charge is 0.308 e. The van der Waals surface area contributed by atoms with E-state index in [4.69, 9.17) is 18.9 Å². The van der Waals surface area contributed by atoms with Crippen molar-refractivity contribution < 1.29 is 38.1 Å². The molecule has 5 aromatic carbocycles. The summed E-state index contributed by atoms with van der Waals surface area (Å²) < 4.78 is 21.4. The number of ketones is 2. The Morgan fingerprint density at radius 3 is 1.13 bits per heavy atom. The molecule has 0 spiro atoms. The third-order valence-electron chi connectivity index (χ3n) is 10.2. The lowest BCUT2D eigenvalue weighted by molar-refractivity contribution is -0.132. The van der Waals surface area contributed by atoms with E-state index in [2.05, 4.69) is 105 Å². The number of carbonyl (C=O) groups is 4. The van der Waals surface area contributed by atoms with Crippen molar-refractivity contribution in [3.8, 4) is 23.0 Å². The van der Waals surface area contributed by atoms with Crippen LogP contribution < -0.4 is 18.9 Å². The molecule has 0 aliphatic heterocycles. The summed E-state index contributed by atoms with van der Waals surface area (Å²) in [4.78, 5) is 41.4. The average Bonchev–Trinajstić information content (AvgIpc) is 3.23. The van der Waals surface area contributed by atoms with E-state index >= 15 is 0 Å². The second-order valence-electron chi connectivity index (χ2n) is 20.1. The number of carbonyl (C=O) groups excluding carboxylic acids is 4. The molecule has 0 heterocycles. The van der Waals surface area contributed by atoms with Crippen molar-refractivity contribution in [2.24, 2.45) is 11.3 Å². The first-order valence-electron chi connectivity index (χ1n) is 23.0. The lowest BCUT2D eigenvalue weighted by Gasteiger charge is -2.48. The van der Waals surface area contributed by atoms with Gasteiger partial charge in [-0.05, 0) is 111 Å². The van der Waals surface area contributed by atoms with Crippen LogP contribution in [0.2, 0.25) is 0 Å². The summed E-state index contributed by atoms with van der Waals surface area (Å²) in [6.45, 7) is 28.8. The molecule has 1 fully saturated rings. The maximum atomic E-state index is 11.3. The maximum absolute atomic E-state index is 11.3.